The SMILES string of the molecule is CC(C)(C)CC(=O)OOC1CCN(C(=O)[C@@H](N)Cc2c[nH]c3ccccc23)CC1. The van der Waals surface area contributed by atoms with Gasteiger partial charge in [-0.2, -0.15) is 4.89 Å². The maximum atomic E-state index is 12.8. The van der Waals surface area contributed by atoms with Gasteiger partial charge in [-0.25, -0.2) is 4.79 Å². The Morgan fingerprint density at radius 3 is 2.62 bits per heavy atom. The fourth-order valence-corrected chi connectivity index (χ4v) is 3.62. The number of likely N-dealkylation sites (tertiary alicyclic amines) is 1. The molecule has 0 spiro atoms. The molecule has 1 aromatic heterocycles. The Morgan fingerprint density at radius 1 is 1.24 bits per heavy atom. The highest BCUT2D eigenvalue weighted by Gasteiger charge is 2.28. The molecule has 7 nitrogen and oxygen atoms in total. The zero-order chi connectivity index (χ0) is 21.0. The predicted molar refractivity (Wildman–Crippen MR) is 111 cm³/mol. The Morgan fingerprint density at radius 2 is 1.93 bits per heavy atom. The van der Waals surface area contributed by atoms with Gasteiger partial charge in [0.2, 0.25) is 5.91 Å². The zero-order valence-electron chi connectivity index (χ0n) is 17.4. The summed E-state index contributed by atoms with van der Waals surface area (Å²) < 4.78 is 0. The van der Waals surface area contributed by atoms with Crippen LogP contribution in [0, 0.1) is 5.41 Å². The number of para-hydroxylation sites is 1. The highest BCUT2D eigenvalue weighted by atomic mass is 17.2. The molecule has 0 radical (unpaired) electrons. The number of nitrogens with zero attached hydrogens (tertiary/aromatic N) is 1. The largest absolute Gasteiger partial charge is 0.361 e. The van der Waals surface area contributed by atoms with E-state index in [0.717, 1.165) is 16.5 Å². The Hall–Kier alpha value is -2.38. The lowest BCUT2D eigenvalue weighted by Crippen LogP contribution is -2.49. The first-order chi connectivity index (χ1) is 13.7. The summed E-state index contributed by atoms with van der Waals surface area (Å²) >= 11 is 0. The zero-order valence-corrected chi connectivity index (χ0v) is 17.4. The highest BCUT2D eigenvalue weighted by Crippen LogP contribution is 2.22. The third kappa shape index (κ3) is 5.81. The number of amides is 1. The molecule has 0 aliphatic carbocycles. The number of nitrogens with two attached hydrogens (primary N) is 1. The molecule has 1 amide bonds. The first-order valence-corrected chi connectivity index (χ1v) is 10.2. The molecule has 1 aliphatic rings. The van der Waals surface area contributed by atoms with E-state index in [2.05, 4.69) is 4.98 Å². The molecule has 2 aromatic rings. The number of hydrogen-bond donors (Lipinski definition) is 2. The molecule has 158 valence electrons. The van der Waals surface area contributed by atoms with E-state index in [1.165, 1.54) is 0 Å². The lowest BCUT2D eigenvalue weighted by molar-refractivity contribution is -0.304. The first-order valence-electron chi connectivity index (χ1n) is 10.2. The molecular weight excluding hydrogens is 370 g/mol. The van der Waals surface area contributed by atoms with Gasteiger partial charge in [-0.15, -0.1) is 0 Å². The number of aromatic amines is 1. The van der Waals surface area contributed by atoms with Crippen molar-refractivity contribution >= 4 is 22.8 Å². The topological polar surface area (TPSA) is 97.7 Å². The van der Waals surface area contributed by atoms with Gasteiger partial charge in [0.05, 0.1) is 12.5 Å². The number of rotatable bonds is 6. The summed E-state index contributed by atoms with van der Waals surface area (Å²) in [5, 5.41) is 1.10. The third-order valence-electron chi connectivity index (χ3n) is 5.14. The van der Waals surface area contributed by atoms with Gasteiger partial charge in [-0.05, 0) is 36.3 Å². The smallest absolute Gasteiger partial charge is 0.342 e. The summed E-state index contributed by atoms with van der Waals surface area (Å²) in [6.45, 7) is 7.00. The van der Waals surface area contributed by atoms with Crippen molar-refractivity contribution in [2.45, 2.75) is 58.6 Å². The number of carbonyl (C=O) groups is 2. The van der Waals surface area contributed by atoms with Crippen LogP contribution in [0.2, 0.25) is 0 Å². The van der Waals surface area contributed by atoms with Gasteiger partial charge in [0.1, 0.15) is 6.10 Å². The number of carbonyl (C=O) groups excluding carboxylic acids is 2. The van der Waals surface area contributed by atoms with Gasteiger partial charge in [0.25, 0.3) is 0 Å². The fraction of sp³-hybridized carbons (Fsp3) is 0.545. The van der Waals surface area contributed by atoms with Crippen LogP contribution in [0.25, 0.3) is 10.9 Å². The Balaban J connectivity index is 1.45. The molecular formula is C22H31N3O4. The van der Waals surface area contributed by atoms with Gasteiger partial charge in [-0.1, -0.05) is 39.0 Å². The number of nitrogens with one attached hydrogen (secondary N) is 1. The van der Waals surface area contributed by atoms with Crippen molar-refractivity contribution in [2.24, 2.45) is 11.1 Å². The van der Waals surface area contributed by atoms with Crippen LogP contribution in [-0.4, -0.2) is 47.0 Å². The normalized spacial score (nSPS) is 16.8. The third-order valence-corrected chi connectivity index (χ3v) is 5.14. The molecule has 0 bridgehead atoms. The molecule has 29 heavy (non-hydrogen) atoms. The van der Waals surface area contributed by atoms with Crippen molar-refractivity contribution in [1.82, 2.24) is 9.88 Å². The van der Waals surface area contributed by atoms with E-state index in [0.29, 0.717) is 38.8 Å². The number of aromatic nitrogens is 1. The minimum absolute atomic E-state index is 0.0570. The summed E-state index contributed by atoms with van der Waals surface area (Å²) in [4.78, 5) is 39.8. The number of fused-ring (bicyclic) bond motifs is 1. The molecule has 2 heterocycles. The minimum atomic E-state index is -0.587. The standard InChI is InChI=1S/C22H31N3O4/c1-22(2,3)13-20(26)29-28-16-8-10-25(11-9-16)21(27)18(23)12-15-14-24-19-7-5-4-6-17(15)19/h4-7,14,16,18,24H,8-13,23H2,1-3H3/t18-/m0/s1. The number of H-pyrrole nitrogens is 1. The molecule has 0 saturated carbocycles. The molecule has 1 saturated heterocycles. The molecule has 0 unspecified atom stereocenters. The van der Waals surface area contributed by atoms with Crippen LogP contribution in [0.4, 0.5) is 0 Å². The Kier molecular flexibility index (Phi) is 6.59. The van der Waals surface area contributed by atoms with Crippen LogP contribution in [-0.2, 0) is 25.8 Å². The monoisotopic (exact) mass is 401 g/mol. The fourth-order valence-electron chi connectivity index (χ4n) is 3.62. The summed E-state index contributed by atoms with van der Waals surface area (Å²) in [5.41, 5.74) is 8.16. The first kappa shape index (κ1) is 21.3. The average molecular weight is 402 g/mol. The van der Waals surface area contributed by atoms with Crippen molar-refractivity contribution in [3.63, 3.8) is 0 Å². The minimum Gasteiger partial charge on any atom is -0.361 e. The molecule has 1 aliphatic heterocycles. The summed E-state index contributed by atoms with van der Waals surface area (Å²) in [5.74, 6) is -0.421. The van der Waals surface area contributed by atoms with Gasteiger partial charge in [-0.3, -0.25) is 9.68 Å². The summed E-state index contributed by atoms with van der Waals surface area (Å²) in [6, 6.07) is 7.40. The Bertz CT molecular complexity index is 847. The Labute approximate surface area is 171 Å². The molecule has 7 heteroatoms. The number of hydrogen-bond acceptors (Lipinski definition) is 5. The maximum absolute atomic E-state index is 12.8. The van der Waals surface area contributed by atoms with Crippen molar-refractivity contribution in [3.8, 4) is 0 Å². The van der Waals surface area contributed by atoms with E-state index in [9.17, 15) is 9.59 Å². The van der Waals surface area contributed by atoms with Gasteiger partial charge in [0.15, 0.2) is 0 Å². The molecule has 1 fully saturated rings. The van der Waals surface area contributed by atoms with E-state index >= 15 is 0 Å². The van der Waals surface area contributed by atoms with Gasteiger partial charge < -0.3 is 15.6 Å². The second-order valence-corrected chi connectivity index (χ2v) is 8.98. The summed E-state index contributed by atoms with van der Waals surface area (Å²) in [6.07, 6.45) is 3.76. The number of benzene rings is 1. The van der Waals surface area contributed by atoms with Crippen LogP contribution in [0.3, 0.4) is 0 Å². The average Bonchev–Trinajstić information content (AvgIpc) is 3.08. The van der Waals surface area contributed by atoms with Crippen LogP contribution in [0.5, 0.6) is 0 Å². The quantitative estimate of drug-likeness (QED) is 0.573. The number of piperidine rings is 1. The van der Waals surface area contributed by atoms with Crippen molar-refractivity contribution < 1.29 is 19.4 Å². The van der Waals surface area contributed by atoms with Crippen molar-refractivity contribution in [2.75, 3.05) is 13.1 Å². The molecule has 3 N–H and O–H groups in total. The van der Waals surface area contributed by atoms with E-state index in [1.54, 1.807) is 4.90 Å². The van der Waals surface area contributed by atoms with E-state index in [4.69, 9.17) is 15.5 Å². The van der Waals surface area contributed by atoms with E-state index in [-0.39, 0.29) is 23.4 Å². The maximum Gasteiger partial charge on any atom is 0.342 e. The molecule has 1 aromatic carbocycles. The van der Waals surface area contributed by atoms with Crippen LogP contribution < -0.4 is 5.73 Å². The van der Waals surface area contributed by atoms with Gasteiger partial charge in [0, 0.05) is 30.2 Å². The lowest BCUT2D eigenvalue weighted by Gasteiger charge is -2.32. The second-order valence-electron chi connectivity index (χ2n) is 8.98. The van der Waals surface area contributed by atoms with Crippen LogP contribution in [0.15, 0.2) is 30.5 Å². The second kappa shape index (κ2) is 8.97. The highest BCUT2D eigenvalue weighted by molar-refractivity contribution is 5.86. The van der Waals surface area contributed by atoms with Crippen molar-refractivity contribution in [3.05, 3.63) is 36.0 Å². The predicted octanol–water partition coefficient (Wildman–Crippen LogP) is 2.94. The van der Waals surface area contributed by atoms with E-state index < -0.39 is 6.04 Å². The molecule has 3 rings (SSSR count). The summed E-state index contributed by atoms with van der Waals surface area (Å²) in [7, 11) is 0. The molecule has 1 atom stereocenters. The van der Waals surface area contributed by atoms with Crippen LogP contribution >= 0.6 is 0 Å². The van der Waals surface area contributed by atoms with Crippen LogP contribution in [0.1, 0.15) is 45.6 Å². The van der Waals surface area contributed by atoms with E-state index in [1.807, 2.05) is 51.2 Å². The van der Waals surface area contributed by atoms with Gasteiger partial charge >= 0.3 is 5.97 Å². The van der Waals surface area contributed by atoms with Crippen molar-refractivity contribution in [1.29, 1.82) is 0 Å². The lowest BCUT2D eigenvalue weighted by atomic mass is 9.93.